The van der Waals surface area contributed by atoms with E-state index >= 15 is 0 Å². The monoisotopic (exact) mass is 463 g/mol. The van der Waals surface area contributed by atoms with Crippen LogP contribution in [0.1, 0.15) is 45.7 Å². The Bertz CT molecular complexity index is 1690. The standard InChI is InChI=1S/C31H29NOS/c1-18(2)15-20-10-8-12-25-26(20)30-28(33-25)23-13-14-32-27(29(23)34-30)21-16-19-9-6-7-11-22(19)24(17-21)31(3,4)5/h6-14,16-18H,15H2,1-5H3. The molecule has 0 saturated heterocycles. The molecule has 3 heteroatoms. The molecular formula is C31H29NOS. The molecule has 0 aliphatic rings. The van der Waals surface area contributed by atoms with E-state index in [1.807, 2.05) is 17.5 Å². The van der Waals surface area contributed by atoms with E-state index in [0.29, 0.717) is 5.92 Å². The van der Waals surface area contributed by atoms with Crippen LogP contribution in [0.2, 0.25) is 0 Å². The molecule has 170 valence electrons. The van der Waals surface area contributed by atoms with Crippen molar-refractivity contribution in [2.24, 2.45) is 5.92 Å². The number of hydrogen-bond acceptors (Lipinski definition) is 3. The average Bonchev–Trinajstić information content (AvgIpc) is 3.34. The molecule has 0 fully saturated rings. The highest BCUT2D eigenvalue weighted by Gasteiger charge is 2.22. The molecule has 6 rings (SSSR count). The lowest BCUT2D eigenvalue weighted by molar-refractivity contribution is 0.596. The summed E-state index contributed by atoms with van der Waals surface area (Å²) in [5, 5.41) is 5.00. The highest BCUT2D eigenvalue weighted by Crippen LogP contribution is 2.45. The summed E-state index contributed by atoms with van der Waals surface area (Å²) in [5.41, 5.74) is 6.95. The summed E-state index contributed by atoms with van der Waals surface area (Å²) in [6.45, 7) is 11.4. The molecule has 0 unspecified atom stereocenters. The maximum atomic E-state index is 6.45. The van der Waals surface area contributed by atoms with E-state index < -0.39 is 0 Å². The molecule has 0 aliphatic carbocycles. The third-order valence-corrected chi connectivity index (χ3v) is 7.89. The lowest BCUT2D eigenvalue weighted by Crippen LogP contribution is -2.12. The minimum atomic E-state index is 0.0362. The number of aromatic nitrogens is 1. The van der Waals surface area contributed by atoms with Crippen LogP contribution in [0.3, 0.4) is 0 Å². The smallest absolute Gasteiger partial charge is 0.154 e. The maximum absolute atomic E-state index is 6.45. The zero-order valence-electron chi connectivity index (χ0n) is 20.4. The van der Waals surface area contributed by atoms with Crippen LogP contribution in [-0.4, -0.2) is 4.98 Å². The number of rotatable bonds is 3. The van der Waals surface area contributed by atoms with Crippen molar-refractivity contribution in [3.63, 3.8) is 0 Å². The summed E-state index contributed by atoms with van der Waals surface area (Å²) in [6.07, 6.45) is 2.98. The summed E-state index contributed by atoms with van der Waals surface area (Å²) >= 11 is 1.82. The van der Waals surface area contributed by atoms with Gasteiger partial charge in [0.25, 0.3) is 0 Å². The van der Waals surface area contributed by atoms with Gasteiger partial charge in [0.2, 0.25) is 0 Å². The Labute approximate surface area is 204 Å². The molecular weight excluding hydrogens is 434 g/mol. The Morgan fingerprint density at radius 1 is 0.912 bits per heavy atom. The highest BCUT2D eigenvalue weighted by atomic mass is 32.1. The minimum Gasteiger partial charge on any atom is -0.454 e. The van der Waals surface area contributed by atoms with Gasteiger partial charge in [-0.2, -0.15) is 0 Å². The lowest BCUT2D eigenvalue weighted by atomic mass is 9.82. The Morgan fingerprint density at radius 2 is 1.74 bits per heavy atom. The van der Waals surface area contributed by atoms with Crippen LogP contribution in [0.4, 0.5) is 0 Å². The molecule has 0 spiro atoms. The zero-order chi connectivity index (χ0) is 23.6. The number of thiophene rings is 1. The number of pyridine rings is 1. The van der Waals surface area contributed by atoms with Crippen molar-refractivity contribution in [1.82, 2.24) is 4.98 Å². The topological polar surface area (TPSA) is 26.0 Å². The van der Waals surface area contributed by atoms with Gasteiger partial charge in [0.05, 0.1) is 15.1 Å². The Morgan fingerprint density at radius 3 is 2.53 bits per heavy atom. The Balaban J connectivity index is 1.65. The summed E-state index contributed by atoms with van der Waals surface area (Å²) in [5.74, 6) is 0.593. The summed E-state index contributed by atoms with van der Waals surface area (Å²) in [4.78, 5) is 4.90. The fourth-order valence-electron chi connectivity index (χ4n) is 5.18. The number of benzene rings is 3. The van der Waals surface area contributed by atoms with Crippen molar-refractivity contribution >= 4 is 53.4 Å². The van der Waals surface area contributed by atoms with Gasteiger partial charge in [0.1, 0.15) is 5.58 Å². The second-order valence-electron chi connectivity index (χ2n) is 10.8. The van der Waals surface area contributed by atoms with Gasteiger partial charge in [0.15, 0.2) is 5.58 Å². The van der Waals surface area contributed by atoms with E-state index in [1.54, 1.807) is 0 Å². The van der Waals surface area contributed by atoms with Gasteiger partial charge in [-0.15, -0.1) is 11.3 Å². The van der Waals surface area contributed by atoms with E-state index in [1.165, 1.54) is 42.2 Å². The lowest BCUT2D eigenvalue weighted by Gasteiger charge is -2.22. The first-order chi connectivity index (χ1) is 16.3. The quantitative estimate of drug-likeness (QED) is 0.261. The van der Waals surface area contributed by atoms with Gasteiger partial charge >= 0.3 is 0 Å². The van der Waals surface area contributed by atoms with Crippen LogP contribution in [0, 0.1) is 5.92 Å². The SMILES string of the molecule is CC(C)Cc1cccc2oc3c4ccnc(-c5cc(C(C)(C)C)c6ccccc6c5)c4sc3c12. The molecule has 2 nitrogen and oxygen atoms in total. The number of furan rings is 1. The third kappa shape index (κ3) is 3.33. The van der Waals surface area contributed by atoms with E-state index in [-0.39, 0.29) is 5.41 Å². The van der Waals surface area contributed by atoms with E-state index in [9.17, 15) is 0 Å². The van der Waals surface area contributed by atoms with Crippen molar-refractivity contribution in [3.05, 3.63) is 78.0 Å². The van der Waals surface area contributed by atoms with Crippen molar-refractivity contribution in [3.8, 4) is 11.3 Å². The normalized spacial score (nSPS) is 12.6. The molecule has 0 atom stereocenters. The Kier molecular flexibility index (Phi) is 4.82. The van der Waals surface area contributed by atoms with Crippen LogP contribution >= 0.6 is 11.3 Å². The van der Waals surface area contributed by atoms with Gasteiger partial charge < -0.3 is 4.42 Å². The molecule has 3 aromatic carbocycles. The zero-order valence-corrected chi connectivity index (χ0v) is 21.2. The predicted molar refractivity (Wildman–Crippen MR) is 147 cm³/mol. The molecule has 34 heavy (non-hydrogen) atoms. The molecule has 0 bridgehead atoms. The molecule has 0 saturated carbocycles. The van der Waals surface area contributed by atoms with Gasteiger partial charge in [-0.1, -0.05) is 71.0 Å². The number of hydrogen-bond donors (Lipinski definition) is 0. The van der Waals surface area contributed by atoms with E-state index in [0.717, 1.165) is 28.7 Å². The largest absolute Gasteiger partial charge is 0.454 e. The van der Waals surface area contributed by atoms with Crippen molar-refractivity contribution in [1.29, 1.82) is 0 Å². The molecule has 0 amide bonds. The Hall–Kier alpha value is -3.17. The molecule has 3 heterocycles. The molecule has 0 radical (unpaired) electrons. The van der Waals surface area contributed by atoms with Crippen LogP contribution in [0.25, 0.3) is 53.4 Å². The molecule has 0 N–H and O–H groups in total. The molecule has 3 aromatic heterocycles. The fraction of sp³-hybridized carbons (Fsp3) is 0.258. The van der Waals surface area contributed by atoms with Gasteiger partial charge in [-0.05, 0) is 63.9 Å². The van der Waals surface area contributed by atoms with Gasteiger partial charge in [-0.3, -0.25) is 4.98 Å². The third-order valence-electron chi connectivity index (χ3n) is 6.68. The van der Waals surface area contributed by atoms with Crippen LogP contribution < -0.4 is 0 Å². The second kappa shape index (κ2) is 7.68. The molecule has 0 aliphatic heterocycles. The highest BCUT2D eigenvalue weighted by molar-refractivity contribution is 7.27. The van der Waals surface area contributed by atoms with Gasteiger partial charge in [0, 0.05) is 22.5 Å². The first-order valence-electron chi connectivity index (χ1n) is 12.1. The summed E-state index contributed by atoms with van der Waals surface area (Å²) in [7, 11) is 0. The van der Waals surface area contributed by atoms with Crippen LogP contribution in [-0.2, 0) is 11.8 Å². The first kappa shape index (κ1) is 21.4. The summed E-state index contributed by atoms with van der Waals surface area (Å²) in [6, 6.07) is 21.9. The average molecular weight is 464 g/mol. The minimum absolute atomic E-state index is 0.0362. The second-order valence-corrected chi connectivity index (χ2v) is 11.8. The predicted octanol–water partition coefficient (Wildman–Crippen LogP) is 9.51. The van der Waals surface area contributed by atoms with E-state index in [4.69, 9.17) is 9.40 Å². The number of nitrogens with zero attached hydrogens (tertiary/aromatic N) is 1. The van der Waals surface area contributed by atoms with E-state index in [2.05, 4.69) is 95.3 Å². The molecule has 6 aromatic rings. The van der Waals surface area contributed by atoms with Crippen LogP contribution in [0.5, 0.6) is 0 Å². The van der Waals surface area contributed by atoms with Crippen molar-refractivity contribution < 1.29 is 4.42 Å². The maximum Gasteiger partial charge on any atom is 0.154 e. The number of fused-ring (bicyclic) bond motifs is 6. The van der Waals surface area contributed by atoms with Crippen LogP contribution in [0.15, 0.2) is 71.3 Å². The fourth-order valence-corrected chi connectivity index (χ4v) is 6.50. The first-order valence-corrected chi connectivity index (χ1v) is 12.9. The van der Waals surface area contributed by atoms with Gasteiger partial charge in [-0.25, -0.2) is 0 Å². The van der Waals surface area contributed by atoms with Crippen molar-refractivity contribution in [2.45, 2.75) is 46.5 Å². The summed E-state index contributed by atoms with van der Waals surface area (Å²) < 4.78 is 8.89. The van der Waals surface area contributed by atoms with Crippen molar-refractivity contribution in [2.75, 3.05) is 0 Å².